The number of carbonyl (C=O) groups excluding carboxylic acids is 2. The molecule has 9 nitrogen and oxygen atoms in total. The van der Waals surface area contributed by atoms with E-state index in [4.69, 9.17) is 0 Å². The van der Waals surface area contributed by atoms with E-state index in [-0.39, 0.29) is 11.8 Å². The Morgan fingerprint density at radius 3 is 2.42 bits per heavy atom. The minimum Gasteiger partial charge on any atom is -0.373 e. The van der Waals surface area contributed by atoms with Gasteiger partial charge in [-0.15, -0.1) is 0 Å². The van der Waals surface area contributed by atoms with Crippen LogP contribution in [0.4, 0.5) is 11.5 Å². The summed E-state index contributed by atoms with van der Waals surface area (Å²) < 4.78 is 0. The molecule has 204 valence electrons. The molecule has 1 amide bonds. The highest BCUT2D eigenvalue weighted by Crippen LogP contribution is 2.30. The maximum absolute atomic E-state index is 13.0. The number of hydrogen-bond acceptors (Lipinski definition) is 8. The number of nitrogens with one attached hydrogen (secondary N) is 2. The molecule has 0 radical (unpaired) electrons. The largest absolute Gasteiger partial charge is 0.373 e. The van der Waals surface area contributed by atoms with E-state index in [0.717, 1.165) is 40.1 Å². The predicted octanol–water partition coefficient (Wildman–Crippen LogP) is 5.85. The third-order valence-electron chi connectivity index (χ3n) is 5.98. The van der Waals surface area contributed by atoms with Crippen molar-refractivity contribution in [3.8, 4) is 28.5 Å². The molecule has 3 heterocycles. The van der Waals surface area contributed by atoms with Gasteiger partial charge >= 0.3 is 0 Å². The van der Waals surface area contributed by atoms with Gasteiger partial charge < -0.3 is 15.4 Å². The maximum Gasteiger partial charge on any atom is 0.255 e. The summed E-state index contributed by atoms with van der Waals surface area (Å²) in [5, 5.41) is 15.4. The van der Waals surface area contributed by atoms with E-state index in [0.29, 0.717) is 16.9 Å². The summed E-state index contributed by atoms with van der Waals surface area (Å²) in [6.45, 7) is 9.26. The van der Waals surface area contributed by atoms with Crippen LogP contribution in [0, 0.1) is 24.2 Å². The number of rotatable bonds is 7. The topological polar surface area (TPSA) is 134 Å². The first-order chi connectivity index (χ1) is 19.1. The molecule has 9 heteroatoms. The molecule has 0 atom stereocenters. The number of aldehydes is 1. The van der Waals surface area contributed by atoms with Crippen LogP contribution in [-0.2, 0) is 10.2 Å². The lowest BCUT2D eigenvalue weighted by molar-refractivity contribution is -0.110. The molecule has 0 saturated carbocycles. The number of aromatic nitrogens is 4. The zero-order valence-corrected chi connectivity index (χ0v) is 23.6. The fraction of sp³-hybridized carbons (Fsp3) is 0.258. The molecule has 3 aromatic heterocycles. The Labute approximate surface area is 234 Å². The Kier molecular flexibility index (Phi) is 9.76. The van der Waals surface area contributed by atoms with Crippen molar-refractivity contribution in [2.75, 3.05) is 17.7 Å². The zero-order valence-electron chi connectivity index (χ0n) is 23.6. The van der Waals surface area contributed by atoms with Gasteiger partial charge in [-0.25, -0.2) is 9.97 Å². The minimum atomic E-state index is -0.789. The standard InChI is InChI=1S/C27H25N7O.C4H8O/c1-17-5-6-21(34-26(35)18-7-8-31-24(10-18)27(2,3)15-28)11-22(17)19-9-20(14-30-13-19)23-12-25(29-4)33-16-32-23;1-4(2)3-5/h5-14,16H,1-4H3,(H,34,35)(H,29,32,33);3-4H,1-2H3. The fourth-order valence-electron chi connectivity index (χ4n) is 3.56. The highest BCUT2D eigenvalue weighted by Gasteiger charge is 2.22. The fourth-order valence-corrected chi connectivity index (χ4v) is 3.56. The van der Waals surface area contributed by atoms with Gasteiger partial charge in [0.1, 0.15) is 18.4 Å². The molecule has 0 aliphatic rings. The number of nitrogens with zero attached hydrogens (tertiary/aromatic N) is 5. The number of carbonyl (C=O) groups is 2. The smallest absolute Gasteiger partial charge is 0.255 e. The summed E-state index contributed by atoms with van der Waals surface area (Å²) in [6.07, 6.45) is 7.53. The molecule has 0 fully saturated rings. The van der Waals surface area contributed by atoms with E-state index in [1.165, 1.54) is 6.33 Å². The van der Waals surface area contributed by atoms with Gasteiger partial charge in [-0.3, -0.25) is 14.8 Å². The van der Waals surface area contributed by atoms with Crippen molar-refractivity contribution in [2.45, 2.75) is 40.0 Å². The number of anilines is 2. The monoisotopic (exact) mass is 535 g/mol. The van der Waals surface area contributed by atoms with Crippen LogP contribution < -0.4 is 10.6 Å². The SMILES string of the molecule is CC(C)C=O.CNc1cc(-c2cncc(-c3cc(NC(=O)c4ccnc(C(C)(C)C#N)c4)ccc3C)c2)ncn1. The second-order valence-corrected chi connectivity index (χ2v) is 10.0. The molecular formula is C31H33N7O2. The highest BCUT2D eigenvalue weighted by atomic mass is 16.1. The maximum atomic E-state index is 13.0. The van der Waals surface area contributed by atoms with Crippen molar-refractivity contribution in [3.05, 3.63) is 84.2 Å². The first kappa shape index (κ1) is 29.6. The Hall–Kier alpha value is -4.97. The van der Waals surface area contributed by atoms with Crippen molar-refractivity contribution >= 4 is 23.7 Å². The summed E-state index contributed by atoms with van der Waals surface area (Å²) >= 11 is 0. The van der Waals surface area contributed by atoms with E-state index in [2.05, 4.69) is 36.6 Å². The number of nitriles is 1. The Morgan fingerprint density at radius 1 is 1.02 bits per heavy atom. The molecule has 0 aliphatic heterocycles. The van der Waals surface area contributed by atoms with Gasteiger partial charge in [-0.2, -0.15) is 5.26 Å². The first-order valence-electron chi connectivity index (χ1n) is 12.8. The Bertz CT molecular complexity index is 1540. The third kappa shape index (κ3) is 7.54. The molecule has 0 spiro atoms. The van der Waals surface area contributed by atoms with Crippen LogP contribution in [0.1, 0.15) is 49.3 Å². The van der Waals surface area contributed by atoms with Crippen molar-refractivity contribution in [1.82, 2.24) is 19.9 Å². The van der Waals surface area contributed by atoms with Gasteiger partial charge in [0.15, 0.2) is 0 Å². The summed E-state index contributed by atoms with van der Waals surface area (Å²) in [5.41, 5.74) is 5.36. The molecule has 4 aromatic rings. The minimum absolute atomic E-state index is 0.204. The summed E-state index contributed by atoms with van der Waals surface area (Å²) in [5.74, 6) is 0.651. The van der Waals surface area contributed by atoms with Crippen LogP contribution in [0.15, 0.2) is 67.4 Å². The quantitative estimate of drug-likeness (QED) is 0.282. The lowest BCUT2D eigenvalue weighted by Gasteiger charge is -2.15. The van der Waals surface area contributed by atoms with Crippen LogP contribution in [0.3, 0.4) is 0 Å². The molecule has 0 aliphatic carbocycles. The van der Waals surface area contributed by atoms with Crippen LogP contribution in [0.5, 0.6) is 0 Å². The lowest BCUT2D eigenvalue weighted by atomic mass is 9.90. The predicted molar refractivity (Wildman–Crippen MR) is 157 cm³/mol. The molecule has 40 heavy (non-hydrogen) atoms. The van der Waals surface area contributed by atoms with Gasteiger partial charge in [-0.05, 0) is 62.2 Å². The van der Waals surface area contributed by atoms with Crippen LogP contribution in [-0.4, -0.2) is 39.2 Å². The first-order valence-corrected chi connectivity index (χ1v) is 12.8. The van der Waals surface area contributed by atoms with E-state index < -0.39 is 5.41 Å². The molecule has 2 N–H and O–H groups in total. The van der Waals surface area contributed by atoms with Gasteiger partial charge in [0.25, 0.3) is 5.91 Å². The van der Waals surface area contributed by atoms with E-state index >= 15 is 0 Å². The van der Waals surface area contributed by atoms with Crippen molar-refractivity contribution in [2.24, 2.45) is 5.92 Å². The van der Waals surface area contributed by atoms with Gasteiger partial charge in [0.2, 0.25) is 0 Å². The molecule has 4 rings (SSSR count). The van der Waals surface area contributed by atoms with Gasteiger partial charge in [-0.1, -0.05) is 19.9 Å². The van der Waals surface area contributed by atoms with Gasteiger partial charge in [0, 0.05) is 60.0 Å². The van der Waals surface area contributed by atoms with E-state index in [9.17, 15) is 14.9 Å². The number of hydrogen-bond donors (Lipinski definition) is 2. The van der Waals surface area contributed by atoms with Crippen LogP contribution >= 0.6 is 0 Å². The summed E-state index contributed by atoms with van der Waals surface area (Å²) in [4.78, 5) is 39.7. The van der Waals surface area contributed by atoms with Crippen LogP contribution in [0.25, 0.3) is 22.4 Å². The summed E-state index contributed by atoms with van der Waals surface area (Å²) in [7, 11) is 1.81. The average molecular weight is 536 g/mol. The van der Waals surface area contributed by atoms with Crippen LogP contribution in [0.2, 0.25) is 0 Å². The second kappa shape index (κ2) is 13.2. The Balaban J connectivity index is 0.000000810. The second-order valence-electron chi connectivity index (χ2n) is 10.0. The normalized spacial score (nSPS) is 10.7. The van der Waals surface area contributed by atoms with Crippen molar-refractivity contribution < 1.29 is 9.59 Å². The third-order valence-corrected chi connectivity index (χ3v) is 5.98. The highest BCUT2D eigenvalue weighted by molar-refractivity contribution is 6.04. The van der Waals surface area contributed by atoms with Gasteiger partial charge in [0.05, 0.1) is 22.9 Å². The van der Waals surface area contributed by atoms with E-state index in [1.54, 1.807) is 51.6 Å². The lowest BCUT2D eigenvalue weighted by Crippen LogP contribution is -2.18. The molecule has 1 aromatic carbocycles. The van der Waals surface area contributed by atoms with E-state index in [1.807, 2.05) is 51.1 Å². The number of pyridine rings is 2. The number of benzene rings is 1. The Morgan fingerprint density at radius 2 is 1.75 bits per heavy atom. The van der Waals surface area contributed by atoms with Crippen molar-refractivity contribution in [1.29, 1.82) is 5.26 Å². The number of aryl methyl sites for hydroxylation is 1. The number of amides is 1. The molecular weight excluding hydrogens is 502 g/mol. The average Bonchev–Trinajstić information content (AvgIpc) is 2.98. The molecule has 0 saturated heterocycles. The zero-order chi connectivity index (χ0) is 29.3. The summed E-state index contributed by atoms with van der Waals surface area (Å²) in [6, 6.07) is 15.1. The molecule has 0 bridgehead atoms. The molecule has 0 unspecified atom stereocenters. The van der Waals surface area contributed by atoms with Crippen molar-refractivity contribution in [3.63, 3.8) is 0 Å².